The van der Waals surface area contributed by atoms with Crippen molar-refractivity contribution in [1.29, 1.82) is 16.2 Å². The minimum atomic E-state index is -0.448. The highest BCUT2D eigenvalue weighted by atomic mass is 35.5. The van der Waals surface area contributed by atoms with Crippen molar-refractivity contribution in [3.05, 3.63) is 233 Å². The van der Waals surface area contributed by atoms with Crippen molar-refractivity contribution in [3.8, 4) is 0 Å². The van der Waals surface area contributed by atoms with Gasteiger partial charge in [-0.3, -0.25) is 55.0 Å². The molecule has 2 aromatic heterocycles. The first kappa shape index (κ1) is 105. The van der Waals surface area contributed by atoms with E-state index in [-0.39, 0.29) is 46.1 Å². The number of nitrogens with one attached hydrogen (secondary N) is 10. The Morgan fingerprint density at radius 2 is 0.778 bits per heavy atom. The van der Waals surface area contributed by atoms with E-state index in [9.17, 15) is 24.0 Å². The van der Waals surface area contributed by atoms with Gasteiger partial charge in [-0.05, 0) is 130 Å². The number of aromatic nitrogens is 1. The third-order valence-electron chi connectivity index (χ3n) is 22.5. The number of ether oxygens (including phenoxy) is 1. The average Bonchev–Trinajstić information content (AvgIpc) is 1.64. The molecule has 2 saturated carbocycles. The van der Waals surface area contributed by atoms with E-state index in [4.69, 9.17) is 81.3 Å². The number of benzene rings is 6. The third kappa shape index (κ3) is 36.7. The summed E-state index contributed by atoms with van der Waals surface area (Å²) in [6.45, 7) is 10.8. The maximum atomic E-state index is 11.8. The molecule has 8 aromatic rings. The number of nitrogens with zero attached hydrogens (tertiary/aromatic N) is 10. The topological polar surface area (TPSA) is 419 Å². The normalized spacial score (nSPS) is 16.8. The molecule has 8 heterocycles. The monoisotopic (exact) mass is 2050 g/mol. The Bertz CT molecular complexity index is 5260. The van der Waals surface area contributed by atoms with Gasteiger partial charge in [0.15, 0.2) is 46.5 Å². The van der Waals surface area contributed by atoms with Gasteiger partial charge in [0.2, 0.25) is 11.8 Å². The molecule has 0 spiro atoms. The van der Waals surface area contributed by atoms with Crippen LogP contribution in [0.2, 0.25) is 10.0 Å². The van der Waals surface area contributed by atoms with Crippen LogP contribution in [0.5, 0.6) is 0 Å². The number of thioether (sulfide) groups is 9. The second-order valence-corrected chi connectivity index (χ2v) is 43.0. The highest BCUT2D eigenvalue weighted by Gasteiger charge is 2.27. The largest absolute Gasteiger partial charge is 0.465 e. The molecule has 6 aliphatic heterocycles. The van der Waals surface area contributed by atoms with Crippen molar-refractivity contribution in [2.45, 2.75) is 142 Å². The van der Waals surface area contributed by atoms with E-state index in [1.807, 2.05) is 120 Å². The smallest absolute Gasteiger partial charge is 0.340 e. The number of hydrogen-bond donors (Lipinski definition) is 13. The fourth-order valence-electron chi connectivity index (χ4n) is 15.4. The number of methoxy groups -OCH3 is 1. The predicted molar refractivity (Wildman–Crippen MR) is 573 cm³/mol. The zero-order valence-electron chi connectivity index (χ0n) is 75.4. The van der Waals surface area contributed by atoms with Crippen LogP contribution in [0.15, 0.2) is 187 Å². The number of carbonyl (C=O) groups is 5. The molecule has 16 rings (SSSR count). The predicted octanol–water partition coefficient (Wildman–Crippen LogP) is 17.0. The lowest BCUT2D eigenvalue weighted by Crippen LogP contribution is -2.44. The molecule has 2 aliphatic carbocycles. The van der Waals surface area contributed by atoms with Crippen LogP contribution in [0.25, 0.3) is 10.9 Å². The van der Waals surface area contributed by atoms with Crippen LogP contribution >= 0.6 is 140 Å². The van der Waals surface area contributed by atoms with E-state index in [0.717, 1.165) is 177 Å². The number of aromatic amines is 1. The summed E-state index contributed by atoms with van der Waals surface area (Å²) in [5.41, 5.74) is 29.0. The van der Waals surface area contributed by atoms with Gasteiger partial charge >= 0.3 is 5.97 Å². The van der Waals surface area contributed by atoms with Crippen LogP contribution in [0.4, 0.5) is 0 Å². The molecule has 0 bridgehead atoms. The summed E-state index contributed by atoms with van der Waals surface area (Å²) in [6.07, 6.45) is 15.5. The van der Waals surface area contributed by atoms with Crippen molar-refractivity contribution in [3.63, 3.8) is 0 Å². The highest BCUT2D eigenvalue weighted by Crippen LogP contribution is 2.33. The first-order valence-corrected chi connectivity index (χ1v) is 55.1. The molecule has 0 atom stereocenters. The van der Waals surface area contributed by atoms with Crippen molar-refractivity contribution < 1.29 is 28.7 Å². The molecule has 0 saturated heterocycles. The molecule has 0 unspecified atom stereocenters. The first-order chi connectivity index (χ1) is 65.7. The fourth-order valence-corrected chi connectivity index (χ4v) is 24.0. The number of thiophene rings is 1. The van der Waals surface area contributed by atoms with Gasteiger partial charge in [0.1, 0.15) is 12.8 Å². The number of carbonyl (C=O) groups excluding carboxylic acids is 5. The number of esters is 1. The van der Waals surface area contributed by atoms with Crippen molar-refractivity contribution in [2.75, 3.05) is 86.6 Å². The third-order valence-corrected chi connectivity index (χ3v) is 32.5. The minimum Gasteiger partial charge on any atom is -0.465 e. The number of halogens is 2. The van der Waals surface area contributed by atoms with Crippen molar-refractivity contribution in [1.82, 2.24) is 56.5 Å². The number of nitrogens with two attached hydrogens (primary N) is 3. The first-order valence-electron chi connectivity index (χ1n) is 44.6. The molecule has 29 nitrogen and oxygen atoms in total. The molecule has 718 valence electrons. The average molecular weight is 2060 g/mol. The van der Waals surface area contributed by atoms with E-state index in [0.29, 0.717) is 52.2 Å². The van der Waals surface area contributed by atoms with Crippen molar-refractivity contribution >= 4 is 227 Å². The Morgan fingerprint density at radius 1 is 0.430 bits per heavy atom. The number of aliphatic imine (C=N–C) groups is 6. The maximum absolute atomic E-state index is 11.8. The number of amides is 4. The number of amidine groups is 9. The molecule has 0 radical (unpaired) electrons. The number of fused-ring (bicyclic) bond motifs is 1. The van der Waals surface area contributed by atoms with Crippen LogP contribution in [-0.4, -0.2) is 187 Å². The van der Waals surface area contributed by atoms with E-state index in [1.54, 1.807) is 34.9 Å². The second-order valence-electron chi connectivity index (χ2n) is 32.4. The Hall–Kier alpha value is -8.49. The van der Waals surface area contributed by atoms with Crippen LogP contribution in [0, 0.1) is 28.1 Å². The maximum Gasteiger partial charge on any atom is 0.340 e. The van der Waals surface area contributed by atoms with Gasteiger partial charge in [0.25, 0.3) is 11.8 Å². The zero-order chi connectivity index (χ0) is 94.9. The van der Waals surface area contributed by atoms with E-state index < -0.39 is 11.8 Å². The van der Waals surface area contributed by atoms with Crippen LogP contribution in [-0.2, 0) is 88.5 Å². The molecular formula is C94H117Cl2N23O6S10. The molecule has 6 aromatic carbocycles. The van der Waals surface area contributed by atoms with Gasteiger partial charge in [0.05, 0.1) is 66.0 Å². The van der Waals surface area contributed by atoms with Crippen molar-refractivity contribution in [2.24, 2.45) is 59.0 Å². The zero-order valence-corrected chi connectivity index (χ0v) is 85.1. The fraction of sp³-hybridized carbons (Fsp3) is 0.404. The molecule has 16 N–H and O–H groups in total. The summed E-state index contributed by atoms with van der Waals surface area (Å²) in [6, 6.07) is 50.8. The Morgan fingerprint density at radius 3 is 1.14 bits per heavy atom. The Labute approximate surface area is 842 Å². The molecule has 4 amide bonds. The number of hydrogen-bond acceptors (Lipinski definition) is 31. The molecular weight excluding hydrogens is 1940 g/mol. The molecule has 8 aliphatic rings. The number of H-pyrrole nitrogens is 1. The Balaban J connectivity index is 0.000000159. The summed E-state index contributed by atoms with van der Waals surface area (Å²) in [5, 5.41) is 50.3. The van der Waals surface area contributed by atoms with Gasteiger partial charge in [-0.1, -0.05) is 295 Å². The number of rotatable bonds is 29. The minimum absolute atomic E-state index is 0.0180. The van der Waals surface area contributed by atoms with Crippen LogP contribution in [0.1, 0.15) is 148 Å². The second kappa shape index (κ2) is 57.2. The van der Waals surface area contributed by atoms with Crippen LogP contribution < -0.4 is 49.1 Å². The van der Waals surface area contributed by atoms with E-state index in [2.05, 4.69) is 127 Å². The summed E-state index contributed by atoms with van der Waals surface area (Å²) in [5.74, 6) is 6.35. The standard InChI is InChI=1S/C30H34Cl2N6S2.C28H44N6S2.C16H14N4O4S2.C12H13N3O2S.C8H12N4S3/c31-27-11-5-3-7-23(27)13-15-37-19-33-29(34-20-37)39-17-25-9-1-2-10-26(25)18-40-30-35-21-38(22-36-30)16-14-24-8-4-6-12-28(24)32;1-3-9-23(10-4-1)15-33-19-29-27(30-20-33)35-17-25-13-7-8-14-26(25)18-36-28-31-21-34(22-32-28)16-24-11-5-2-6-12-24;21-11-5-12(22)18-15(17-11)25-7-9-3-1-2-4-10(9)8-26-16-19-13(23)6-14(24)20-16;1-17-11(16)10-7-4-2-3-5-8(7)15-9(10)6-18-12(13)14;9-7(10)14-3-5-1-2-13-6(5)4-15-8(11)12/h1-12H,13-22H2,(H,33,34)(H,35,36);7-8,13-14,23-24H,1-6,9-12,15-22H2,(H,29,30)(H,31,32);1-4H,5-8H2,(H,17,18,21,22)(H,19,20,23,24);2-5,15H,6H2,1H3,(H3,13,14);1-2H,3-4H2,(H3,9,10)(H3,11,12). The summed E-state index contributed by atoms with van der Waals surface area (Å²) < 4.78 is 4.80. The molecule has 41 heteroatoms. The molecule has 2 fully saturated rings. The van der Waals surface area contributed by atoms with Gasteiger partial charge in [-0.25, -0.2) is 24.8 Å². The number of para-hydroxylation sites is 1. The molecule has 135 heavy (non-hydrogen) atoms. The Kier molecular flexibility index (Phi) is 44.6. The van der Waals surface area contributed by atoms with E-state index >= 15 is 0 Å². The van der Waals surface area contributed by atoms with Gasteiger partial charge in [-0.2, -0.15) is 9.98 Å². The lowest BCUT2D eigenvalue weighted by Gasteiger charge is -2.31. The van der Waals surface area contributed by atoms with Crippen LogP contribution in [0.3, 0.4) is 0 Å². The van der Waals surface area contributed by atoms with E-state index in [1.165, 1.54) is 175 Å². The van der Waals surface area contributed by atoms with Gasteiger partial charge < -0.3 is 58.8 Å². The quantitative estimate of drug-likeness (QED) is 0.00896. The van der Waals surface area contributed by atoms with Gasteiger partial charge in [-0.15, -0.1) is 11.3 Å². The highest BCUT2D eigenvalue weighted by molar-refractivity contribution is 8.15. The summed E-state index contributed by atoms with van der Waals surface area (Å²) >= 11 is 27.8. The summed E-state index contributed by atoms with van der Waals surface area (Å²) in [7, 11) is 1.35. The SMILES string of the molecule is COC(=O)c1c(CSC(=N)N)[nH]c2ccccc12.Clc1ccccc1CCN1CN=C(SCc2ccccc2CSC2=NCN(CCc3ccccc3Cl)CN2)NC1.N=C(N)SCc1ccsc1CSC(=N)N.O=C1CC(=O)NC(SCc2ccccc2CSC2=NC(=O)CC(=O)N2)=N1.c1ccc(CSC2=NCN(CC3CCCCC3)CN2)c(CSC2=NCN(CC3CCCCC3)CN2)c1. The lowest BCUT2D eigenvalue weighted by atomic mass is 9.89. The summed E-state index contributed by atoms with van der Waals surface area (Å²) in [4.78, 5) is 98.1. The van der Waals surface area contributed by atoms with Gasteiger partial charge in [0, 0.05) is 109 Å². The lowest BCUT2D eigenvalue weighted by molar-refractivity contribution is -0.129.